The van der Waals surface area contributed by atoms with E-state index in [2.05, 4.69) is 10.2 Å². The summed E-state index contributed by atoms with van der Waals surface area (Å²) in [6.07, 6.45) is 0. The zero-order valence-electron chi connectivity index (χ0n) is 11.7. The minimum Gasteiger partial charge on any atom is -0.508 e. The average Bonchev–Trinajstić information content (AvgIpc) is 2.46. The zero-order valence-corrected chi connectivity index (χ0v) is 12.5. The molecule has 2 aromatic rings. The first-order valence-electron chi connectivity index (χ1n) is 6.11. The van der Waals surface area contributed by atoms with Crippen LogP contribution in [-0.4, -0.2) is 39.4 Å². The molecule has 0 aliphatic heterocycles. The number of aromatic carboxylic acids is 1. The van der Waals surface area contributed by atoms with E-state index in [0.29, 0.717) is 6.07 Å². The summed E-state index contributed by atoms with van der Waals surface area (Å²) in [4.78, 5) is 9.99. The molecular weight excluding hydrogens is 344 g/mol. The lowest BCUT2D eigenvalue weighted by Crippen LogP contribution is -2.04. The quantitative estimate of drug-likeness (QED) is 0.409. The average molecular weight is 354 g/mol. The van der Waals surface area contributed by atoms with E-state index in [-0.39, 0.29) is 17.1 Å². The summed E-state index contributed by atoms with van der Waals surface area (Å²) >= 11 is 0. The van der Waals surface area contributed by atoms with Crippen molar-refractivity contribution in [2.45, 2.75) is 4.90 Å². The summed E-state index contributed by atoms with van der Waals surface area (Å²) in [7, 11) is -4.91. The molecule has 0 unspecified atom stereocenters. The smallest absolute Gasteiger partial charge is 0.339 e. The first-order valence-corrected chi connectivity index (χ1v) is 7.55. The molecule has 0 radical (unpaired) electrons. The molecule has 0 bridgehead atoms. The lowest BCUT2D eigenvalue weighted by atomic mass is 10.2. The highest BCUT2D eigenvalue weighted by atomic mass is 32.2. The normalized spacial score (nSPS) is 11.7. The van der Waals surface area contributed by atoms with Crippen LogP contribution in [-0.2, 0) is 10.1 Å². The number of phenolic OH excluding ortho intramolecular Hbond substituents is 2. The Morgan fingerprint density at radius 1 is 1.00 bits per heavy atom. The van der Waals surface area contributed by atoms with Gasteiger partial charge in [-0.25, -0.2) is 4.79 Å². The Bertz CT molecular complexity index is 953. The Kier molecular flexibility index (Phi) is 4.39. The van der Waals surface area contributed by atoms with Gasteiger partial charge in [-0.2, -0.15) is 13.5 Å². The van der Waals surface area contributed by atoms with Gasteiger partial charge in [-0.1, -0.05) is 0 Å². The Morgan fingerprint density at radius 3 is 2.21 bits per heavy atom. The van der Waals surface area contributed by atoms with E-state index in [1.807, 2.05) is 0 Å². The van der Waals surface area contributed by atoms with Gasteiger partial charge in [0.25, 0.3) is 10.1 Å². The highest BCUT2D eigenvalue weighted by Crippen LogP contribution is 2.34. The number of benzene rings is 2. The number of nitrogens with zero attached hydrogens (tertiary/aromatic N) is 2. The van der Waals surface area contributed by atoms with Crippen molar-refractivity contribution in [2.24, 2.45) is 10.2 Å². The van der Waals surface area contributed by atoms with Crippen LogP contribution in [0.4, 0.5) is 11.4 Å². The first-order chi connectivity index (χ1) is 11.1. The maximum atomic E-state index is 11.2. The minimum atomic E-state index is -4.91. The summed E-state index contributed by atoms with van der Waals surface area (Å²) in [5.74, 6) is -3.44. The molecule has 126 valence electrons. The van der Waals surface area contributed by atoms with Crippen LogP contribution in [0.2, 0.25) is 0 Å². The number of hydrogen-bond donors (Lipinski definition) is 5. The fourth-order valence-electron chi connectivity index (χ4n) is 1.72. The van der Waals surface area contributed by atoms with Gasteiger partial charge in [0.2, 0.25) is 0 Å². The van der Waals surface area contributed by atoms with Gasteiger partial charge in [0.15, 0.2) is 5.75 Å². The van der Waals surface area contributed by atoms with Gasteiger partial charge < -0.3 is 20.4 Å². The number of phenols is 3. The summed E-state index contributed by atoms with van der Waals surface area (Å²) in [5.41, 5.74) is -1.22. The Labute approximate surface area is 134 Å². The molecule has 2 aromatic carbocycles. The number of hydrogen-bond acceptors (Lipinski definition) is 8. The van der Waals surface area contributed by atoms with Crippen molar-refractivity contribution in [3.05, 3.63) is 35.9 Å². The highest BCUT2D eigenvalue weighted by Gasteiger charge is 2.23. The predicted octanol–water partition coefficient (Wildman–Crippen LogP) is 2.16. The third kappa shape index (κ3) is 3.59. The number of carboxylic acid groups (broad SMARTS) is 1. The van der Waals surface area contributed by atoms with Crippen molar-refractivity contribution >= 4 is 27.5 Å². The van der Waals surface area contributed by atoms with Crippen LogP contribution in [0.5, 0.6) is 17.2 Å². The van der Waals surface area contributed by atoms with Gasteiger partial charge in [0.1, 0.15) is 27.6 Å². The number of aromatic hydroxyl groups is 3. The molecule has 0 aliphatic carbocycles. The van der Waals surface area contributed by atoms with Gasteiger partial charge in [-0.05, 0) is 24.3 Å². The van der Waals surface area contributed by atoms with Crippen molar-refractivity contribution < 1.29 is 38.2 Å². The molecule has 0 aliphatic rings. The monoisotopic (exact) mass is 354 g/mol. The number of carboxylic acids is 1. The van der Waals surface area contributed by atoms with Crippen LogP contribution in [0.3, 0.4) is 0 Å². The van der Waals surface area contributed by atoms with Crippen molar-refractivity contribution in [1.82, 2.24) is 0 Å². The molecule has 0 fully saturated rings. The molecule has 0 amide bonds. The van der Waals surface area contributed by atoms with Crippen molar-refractivity contribution in [1.29, 1.82) is 0 Å². The molecule has 0 spiro atoms. The molecule has 10 nitrogen and oxygen atoms in total. The lowest BCUT2D eigenvalue weighted by molar-refractivity contribution is 0.0693. The van der Waals surface area contributed by atoms with E-state index in [4.69, 9.17) is 14.8 Å². The molecule has 0 atom stereocenters. The third-order valence-electron chi connectivity index (χ3n) is 2.80. The summed E-state index contributed by atoms with van der Waals surface area (Å²) in [6.45, 7) is 0. The largest absolute Gasteiger partial charge is 0.508 e. The maximum absolute atomic E-state index is 11.2. The second-order valence-electron chi connectivity index (χ2n) is 4.49. The van der Waals surface area contributed by atoms with Gasteiger partial charge in [0.05, 0.1) is 5.69 Å². The topological polar surface area (TPSA) is 177 Å². The molecule has 0 aromatic heterocycles. The van der Waals surface area contributed by atoms with E-state index in [1.54, 1.807) is 0 Å². The van der Waals surface area contributed by atoms with Gasteiger partial charge >= 0.3 is 5.97 Å². The lowest BCUT2D eigenvalue weighted by Gasteiger charge is -2.06. The van der Waals surface area contributed by atoms with Gasteiger partial charge in [-0.15, -0.1) is 5.11 Å². The molecule has 24 heavy (non-hydrogen) atoms. The van der Waals surface area contributed by atoms with E-state index in [9.17, 15) is 23.4 Å². The zero-order chi connectivity index (χ0) is 18.1. The first kappa shape index (κ1) is 17.2. The maximum Gasteiger partial charge on any atom is 0.339 e. The summed E-state index contributed by atoms with van der Waals surface area (Å²) < 4.78 is 31.5. The van der Waals surface area contributed by atoms with E-state index >= 15 is 0 Å². The summed E-state index contributed by atoms with van der Waals surface area (Å²) in [5, 5.41) is 44.4. The van der Waals surface area contributed by atoms with E-state index in [0.717, 1.165) is 12.1 Å². The highest BCUT2D eigenvalue weighted by molar-refractivity contribution is 7.86. The van der Waals surface area contributed by atoms with E-state index < -0.39 is 38.0 Å². The SMILES string of the molecule is O=C(O)c1cc(N=Nc2ccc(O)cc2O)cc(S(=O)(=O)O)c1O. The van der Waals surface area contributed by atoms with Crippen LogP contribution in [0.25, 0.3) is 0 Å². The summed E-state index contributed by atoms with van der Waals surface area (Å²) in [6, 6.07) is 4.93. The standard InChI is InChI=1S/C13H10N2O8S/c16-7-1-2-9(10(17)5-7)15-14-6-3-8(13(19)20)12(18)11(4-6)24(21,22)23/h1-5,16-18H,(H,19,20)(H,21,22,23). The van der Waals surface area contributed by atoms with Gasteiger partial charge in [0, 0.05) is 6.07 Å². The van der Waals surface area contributed by atoms with Crippen molar-refractivity contribution in [3.63, 3.8) is 0 Å². The fourth-order valence-corrected chi connectivity index (χ4v) is 2.34. The van der Waals surface area contributed by atoms with Crippen LogP contribution in [0, 0.1) is 0 Å². The Hall–Kier alpha value is -3.18. The third-order valence-corrected chi connectivity index (χ3v) is 3.67. The van der Waals surface area contributed by atoms with E-state index in [1.165, 1.54) is 12.1 Å². The Balaban J connectivity index is 2.56. The number of rotatable bonds is 4. The predicted molar refractivity (Wildman–Crippen MR) is 78.8 cm³/mol. The second kappa shape index (κ2) is 6.14. The van der Waals surface area contributed by atoms with Crippen LogP contribution in [0.15, 0.2) is 45.5 Å². The number of carbonyl (C=O) groups is 1. The molecular formula is C13H10N2O8S. The van der Waals surface area contributed by atoms with Crippen molar-refractivity contribution in [3.8, 4) is 17.2 Å². The molecule has 0 heterocycles. The molecule has 0 saturated heterocycles. The van der Waals surface area contributed by atoms with Gasteiger partial charge in [-0.3, -0.25) is 4.55 Å². The number of azo groups is 1. The molecule has 5 N–H and O–H groups in total. The van der Waals surface area contributed by atoms with Crippen LogP contribution < -0.4 is 0 Å². The van der Waals surface area contributed by atoms with Crippen molar-refractivity contribution in [2.75, 3.05) is 0 Å². The second-order valence-corrected chi connectivity index (χ2v) is 5.88. The molecule has 2 rings (SSSR count). The minimum absolute atomic E-state index is 0.0915. The van der Waals surface area contributed by atoms with Crippen LogP contribution in [0.1, 0.15) is 10.4 Å². The Morgan fingerprint density at radius 2 is 1.67 bits per heavy atom. The molecule has 11 heteroatoms. The molecule has 0 saturated carbocycles. The fraction of sp³-hybridized carbons (Fsp3) is 0. The van der Waals surface area contributed by atoms with Crippen LogP contribution >= 0.6 is 0 Å².